The molecule has 0 heterocycles. The minimum atomic E-state index is -2.42. The molecule has 3 saturated carbocycles. The Labute approximate surface area is 275 Å². The Morgan fingerprint density at radius 2 is 1.60 bits per heavy atom. The third-order valence-corrected chi connectivity index (χ3v) is 10.8. The molecule has 4 aliphatic rings. The van der Waals surface area contributed by atoms with Crippen LogP contribution in [0.2, 0.25) is 0 Å². The molecule has 2 unspecified atom stereocenters. The number of hydrogen-bond acceptors (Lipinski definition) is 15. The summed E-state index contributed by atoms with van der Waals surface area (Å²) in [4.78, 5) is 60.7. The van der Waals surface area contributed by atoms with Crippen LogP contribution in [0, 0.1) is 22.7 Å². The van der Waals surface area contributed by atoms with E-state index < -0.39 is 87.1 Å². The second-order valence-electron chi connectivity index (χ2n) is 13.4. The molecule has 48 heavy (non-hydrogen) atoms. The highest BCUT2D eigenvalue weighted by molar-refractivity contribution is 6.01. The number of hydrogen-bond donors (Lipinski definition) is 5. The molecule has 0 aromatic rings. The molecule has 0 spiro atoms. The predicted molar refractivity (Wildman–Crippen MR) is 154 cm³/mol. The van der Waals surface area contributed by atoms with Gasteiger partial charge in [0.1, 0.15) is 6.17 Å². The number of allylic oxidation sites excluding steroid dienone is 4. The van der Waals surface area contributed by atoms with Gasteiger partial charge < -0.3 is 14.6 Å². The number of rotatable bonds is 16. The van der Waals surface area contributed by atoms with Gasteiger partial charge in [0.25, 0.3) is 0 Å². The number of ketones is 2. The van der Waals surface area contributed by atoms with Gasteiger partial charge in [-0.15, -0.1) is 0 Å². The van der Waals surface area contributed by atoms with Gasteiger partial charge in [-0.05, 0) is 75.5 Å². The van der Waals surface area contributed by atoms with Crippen molar-refractivity contribution >= 4 is 23.5 Å². The van der Waals surface area contributed by atoms with Crippen LogP contribution in [0.5, 0.6) is 0 Å². The standard InChI is InChI=1S/C31H44F2N2O13/c1-28-11-9-19(36)15-22(28)23(32)16-21-20-10-12-30(29(20,2)17-24(37)31(21,28)33,48-27(40)7-4-3-5-13-46-34(41)42)25(38)18-45-26(39)8-6-14-47-35(43)44/h9,11,15,20-21,23-24,37,41-44H,3-8,10,12-14,16-18H2,1-2H3/t20?,21?,23-,24-,28-,29-,30-,31-/m0/s1. The van der Waals surface area contributed by atoms with Crippen LogP contribution in [0.4, 0.5) is 8.78 Å². The average molecular weight is 691 g/mol. The molecule has 0 bridgehead atoms. The molecule has 0 aromatic carbocycles. The highest BCUT2D eigenvalue weighted by Gasteiger charge is 2.76. The zero-order valence-electron chi connectivity index (χ0n) is 26.9. The third kappa shape index (κ3) is 7.11. The second kappa shape index (κ2) is 15.0. The topological polar surface area (TPSA) is 213 Å². The largest absolute Gasteiger partial charge is 0.457 e. The van der Waals surface area contributed by atoms with Crippen LogP contribution in [-0.2, 0) is 38.3 Å². The summed E-state index contributed by atoms with van der Waals surface area (Å²) in [5, 5.41) is 45.2. The van der Waals surface area contributed by atoms with Crippen molar-refractivity contribution in [1.29, 1.82) is 0 Å². The number of unbranched alkanes of at least 4 members (excludes halogenated alkanes) is 2. The molecule has 8 atom stereocenters. The lowest BCUT2D eigenvalue weighted by molar-refractivity contribution is -0.492. The van der Waals surface area contributed by atoms with Gasteiger partial charge in [-0.1, -0.05) is 19.4 Å². The van der Waals surface area contributed by atoms with E-state index in [0.717, 1.165) is 12.2 Å². The molecule has 4 rings (SSSR count). The smallest absolute Gasteiger partial charge is 0.306 e. The Morgan fingerprint density at radius 3 is 2.27 bits per heavy atom. The summed E-state index contributed by atoms with van der Waals surface area (Å²) >= 11 is 0. The zero-order chi connectivity index (χ0) is 35.5. The molecule has 0 amide bonds. The van der Waals surface area contributed by atoms with Crippen molar-refractivity contribution in [3.05, 3.63) is 23.8 Å². The number of carbonyl (C=O) groups is 4. The average Bonchev–Trinajstić information content (AvgIpc) is 3.30. The van der Waals surface area contributed by atoms with Crippen molar-refractivity contribution in [1.82, 2.24) is 10.8 Å². The molecule has 15 nitrogen and oxygen atoms in total. The van der Waals surface area contributed by atoms with Gasteiger partial charge in [0, 0.05) is 29.6 Å². The molecule has 4 aliphatic carbocycles. The van der Waals surface area contributed by atoms with Gasteiger partial charge in [-0.25, -0.2) is 8.78 Å². The fourth-order valence-corrected chi connectivity index (χ4v) is 8.51. The Balaban J connectivity index is 1.58. The van der Waals surface area contributed by atoms with E-state index in [0.29, 0.717) is 12.8 Å². The SMILES string of the molecule is C[C@]12C=CC(=O)C=C1[C@@H](F)CC1C3CC[C@](OC(=O)CCCCCON(O)O)(C(=O)COC(=O)CCCON(O)O)[C@@]3(C)C[C@H](O)[C@@]12F. The lowest BCUT2D eigenvalue weighted by atomic mass is 9.44. The summed E-state index contributed by atoms with van der Waals surface area (Å²) in [6.45, 7) is 1.94. The first-order valence-electron chi connectivity index (χ1n) is 16.0. The monoisotopic (exact) mass is 690 g/mol. The molecular formula is C31H44F2N2O13. The number of fused-ring (bicyclic) bond motifs is 5. The fourth-order valence-electron chi connectivity index (χ4n) is 8.51. The lowest BCUT2D eigenvalue weighted by Gasteiger charge is -2.63. The van der Waals surface area contributed by atoms with Gasteiger partial charge >= 0.3 is 11.9 Å². The van der Waals surface area contributed by atoms with Crippen molar-refractivity contribution in [2.75, 3.05) is 19.8 Å². The van der Waals surface area contributed by atoms with Crippen LogP contribution in [0.1, 0.15) is 78.1 Å². The molecular weight excluding hydrogens is 646 g/mol. The Morgan fingerprint density at radius 1 is 0.958 bits per heavy atom. The quantitative estimate of drug-likeness (QED) is 0.0895. The van der Waals surface area contributed by atoms with E-state index in [-0.39, 0.29) is 70.2 Å². The number of aliphatic hydroxyl groups excluding tert-OH is 1. The fraction of sp³-hybridized carbons (Fsp3) is 0.742. The van der Waals surface area contributed by atoms with Gasteiger partial charge in [0.15, 0.2) is 23.7 Å². The summed E-state index contributed by atoms with van der Waals surface area (Å²) in [5.74, 6) is -4.76. The van der Waals surface area contributed by atoms with Crippen molar-refractivity contribution in [3.8, 4) is 0 Å². The first-order valence-corrected chi connectivity index (χ1v) is 16.0. The van der Waals surface area contributed by atoms with E-state index in [1.165, 1.54) is 13.0 Å². The summed E-state index contributed by atoms with van der Waals surface area (Å²) in [6.07, 6.45) is 0.0274. The van der Waals surface area contributed by atoms with Gasteiger partial charge in [-0.2, -0.15) is 0 Å². The molecule has 0 saturated heterocycles. The molecule has 3 fully saturated rings. The highest BCUT2D eigenvalue weighted by Crippen LogP contribution is 2.70. The summed E-state index contributed by atoms with van der Waals surface area (Å²) in [6, 6.07) is 0. The Kier molecular flexibility index (Phi) is 11.9. The number of halogens is 2. The van der Waals surface area contributed by atoms with Crippen LogP contribution in [0.15, 0.2) is 23.8 Å². The van der Waals surface area contributed by atoms with E-state index in [1.54, 1.807) is 6.92 Å². The van der Waals surface area contributed by atoms with Crippen LogP contribution in [0.3, 0.4) is 0 Å². The first kappa shape index (κ1) is 38.1. The molecule has 270 valence electrons. The highest BCUT2D eigenvalue weighted by atomic mass is 19.1. The maximum Gasteiger partial charge on any atom is 0.306 e. The molecule has 0 aromatic heterocycles. The second-order valence-corrected chi connectivity index (χ2v) is 13.4. The molecule has 0 aliphatic heterocycles. The number of nitrogens with zero attached hydrogens (tertiary/aromatic N) is 2. The van der Waals surface area contributed by atoms with Crippen LogP contribution in [-0.4, -0.2) is 104 Å². The number of Topliss-reactive ketones (excluding diaryl/α,β-unsaturated/α-hetero) is 1. The summed E-state index contributed by atoms with van der Waals surface area (Å²) in [7, 11) is 0. The predicted octanol–water partition coefficient (Wildman–Crippen LogP) is 3.06. The summed E-state index contributed by atoms with van der Waals surface area (Å²) in [5.41, 5.74) is -7.49. The van der Waals surface area contributed by atoms with Crippen LogP contribution < -0.4 is 0 Å². The molecule has 0 radical (unpaired) electrons. The minimum Gasteiger partial charge on any atom is -0.457 e. The third-order valence-electron chi connectivity index (χ3n) is 10.8. The van der Waals surface area contributed by atoms with Crippen molar-refractivity contribution in [2.24, 2.45) is 22.7 Å². The van der Waals surface area contributed by atoms with E-state index >= 15 is 8.78 Å². The Hall–Kier alpha value is -2.74. The van der Waals surface area contributed by atoms with Crippen molar-refractivity contribution in [2.45, 2.75) is 102 Å². The van der Waals surface area contributed by atoms with Gasteiger partial charge in [-0.3, -0.25) is 49.7 Å². The molecule has 17 heteroatoms. The summed E-state index contributed by atoms with van der Waals surface area (Å²) < 4.78 is 44.5. The van der Waals surface area contributed by atoms with E-state index in [9.17, 15) is 24.3 Å². The number of ether oxygens (including phenoxy) is 2. The normalized spacial score (nSPS) is 35.6. The van der Waals surface area contributed by atoms with Crippen LogP contribution in [0.25, 0.3) is 0 Å². The lowest BCUT2D eigenvalue weighted by Crippen LogP contribution is -2.70. The van der Waals surface area contributed by atoms with Crippen molar-refractivity contribution < 1.29 is 73.0 Å². The van der Waals surface area contributed by atoms with Gasteiger partial charge in [0.05, 0.1) is 30.1 Å². The number of alkyl halides is 2. The maximum absolute atomic E-state index is 17.6. The zero-order valence-corrected chi connectivity index (χ0v) is 26.9. The number of carbonyl (C=O) groups excluding carboxylic acids is 4. The van der Waals surface area contributed by atoms with Crippen LogP contribution >= 0.6 is 0 Å². The van der Waals surface area contributed by atoms with E-state index in [4.69, 9.17) is 30.3 Å². The number of aliphatic hydroxyl groups is 1. The minimum absolute atomic E-state index is 0.0103. The number of esters is 2. The first-order chi connectivity index (χ1) is 22.5. The van der Waals surface area contributed by atoms with Gasteiger partial charge in [0.2, 0.25) is 5.78 Å². The Bertz CT molecular complexity index is 1300. The molecule has 5 N–H and O–H groups in total. The van der Waals surface area contributed by atoms with E-state index in [1.807, 2.05) is 0 Å². The van der Waals surface area contributed by atoms with E-state index in [2.05, 4.69) is 9.68 Å². The van der Waals surface area contributed by atoms with Crippen molar-refractivity contribution in [3.63, 3.8) is 0 Å². The maximum atomic E-state index is 17.6.